The Morgan fingerprint density at radius 1 is 0.762 bits per heavy atom. The van der Waals surface area contributed by atoms with Crippen LogP contribution in [-0.2, 0) is 9.53 Å². The van der Waals surface area contributed by atoms with Crippen LogP contribution >= 0.6 is 0 Å². The smallest absolute Gasteiger partial charge is 0.338 e. The molecular weight excluding hydrogens is 535 g/mol. The van der Waals surface area contributed by atoms with Crippen LogP contribution in [-0.4, -0.2) is 29.1 Å². The van der Waals surface area contributed by atoms with Crippen molar-refractivity contribution in [3.63, 3.8) is 0 Å². The molecular formula is C35H49FO6. The predicted molar refractivity (Wildman–Crippen MR) is 165 cm³/mol. The fourth-order valence-electron chi connectivity index (χ4n) is 4.95. The number of ether oxygens (including phenoxy) is 2. The van der Waals surface area contributed by atoms with Gasteiger partial charge in [-0.15, -0.1) is 0 Å². The van der Waals surface area contributed by atoms with Crippen molar-refractivity contribution in [3.05, 3.63) is 53.3 Å². The van der Waals surface area contributed by atoms with Crippen molar-refractivity contribution < 1.29 is 33.4 Å². The highest BCUT2D eigenvalue weighted by Crippen LogP contribution is 2.35. The van der Waals surface area contributed by atoms with Crippen LogP contribution < -0.4 is 4.74 Å². The van der Waals surface area contributed by atoms with Crippen molar-refractivity contribution >= 4 is 17.9 Å². The lowest BCUT2D eigenvalue weighted by molar-refractivity contribution is -0.134. The number of benzene rings is 2. The molecule has 0 heterocycles. The van der Waals surface area contributed by atoms with Crippen molar-refractivity contribution in [1.82, 2.24) is 0 Å². The Morgan fingerprint density at radius 3 is 1.88 bits per heavy atom. The highest BCUT2D eigenvalue weighted by atomic mass is 19.1. The lowest BCUT2D eigenvalue weighted by Gasteiger charge is -2.15. The molecule has 7 heteroatoms. The number of halogens is 1. The zero-order valence-electron chi connectivity index (χ0n) is 25.7. The third kappa shape index (κ3) is 12.3. The molecule has 0 bridgehead atoms. The summed E-state index contributed by atoms with van der Waals surface area (Å²) in [7, 11) is 0. The molecule has 0 aromatic heterocycles. The van der Waals surface area contributed by atoms with Gasteiger partial charge in [0, 0.05) is 6.42 Å². The summed E-state index contributed by atoms with van der Waals surface area (Å²) in [5.74, 6) is -3.45. The molecule has 0 saturated carbocycles. The van der Waals surface area contributed by atoms with Gasteiger partial charge in [-0.1, -0.05) is 103 Å². The van der Waals surface area contributed by atoms with Gasteiger partial charge in [0.1, 0.15) is 11.6 Å². The predicted octanol–water partition coefficient (Wildman–Crippen LogP) is 9.92. The topological polar surface area (TPSA) is 89.9 Å². The van der Waals surface area contributed by atoms with Gasteiger partial charge >= 0.3 is 17.9 Å². The highest BCUT2D eigenvalue weighted by Gasteiger charge is 2.22. The van der Waals surface area contributed by atoms with Crippen LogP contribution in [0.2, 0.25) is 0 Å². The number of hydrogen-bond donors (Lipinski definition) is 1. The number of carbonyl (C=O) groups is 3. The molecule has 232 valence electrons. The maximum Gasteiger partial charge on any atom is 0.338 e. The van der Waals surface area contributed by atoms with Crippen LogP contribution in [0.5, 0.6) is 5.75 Å². The molecule has 2 aromatic carbocycles. The van der Waals surface area contributed by atoms with Crippen LogP contribution in [0.15, 0.2) is 36.4 Å². The van der Waals surface area contributed by atoms with Crippen LogP contribution in [0.4, 0.5) is 4.39 Å². The molecule has 1 atom stereocenters. The third-order valence-electron chi connectivity index (χ3n) is 7.47. The number of aromatic carboxylic acids is 1. The minimum Gasteiger partial charge on any atom is -0.478 e. The molecule has 2 rings (SSSR count). The molecule has 0 fully saturated rings. The Bertz CT molecular complexity index is 1110. The van der Waals surface area contributed by atoms with Gasteiger partial charge in [-0.25, -0.2) is 14.0 Å². The second-order valence-corrected chi connectivity index (χ2v) is 11.2. The number of carboxylic acid groups (broad SMARTS) is 1. The summed E-state index contributed by atoms with van der Waals surface area (Å²) in [6, 6.07) is 8.43. The van der Waals surface area contributed by atoms with E-state index in [2.05, 4.69) is 13.8 Å². The Balaban J connectivity index is 2.02. The van der Waals surface area contributed by atoms with Crippen LogP contribution in [0.25, 0.3) is 11.1 Å². The Labute approximate surface area is 251 Å². The molecule has 0 aliphatic rings. The van der Waals surface area contributed by atoms with Gasteiger partial charge in [0.15, 0.2) is 0 Å². The molecule has 2 aromatic rings. The summed E-state index contributed by atoms with van der Waals surface area (Å²) in [6.07, 6.45) is 16.4. The molecule has 0 aliphatic carbocycles. The second kappa shape index (κ2) is 19.8. The van der Waals surface area contributed by atoms with E-state index in [1.165, 1.54) is 81.7 Å². The van der Waals surface area contributed by atoms with Gasteiger partial charge in [0.2, 0.25) is 0 Å². The van der Waals surface area contributed by atoms with Crippen LogP contribution in [0.1, 0.15) is 144 Å². The first-order valence-electron chi connectivity index (χ1n) is 15.9. The van der Waals surface area contributed by atoms with Crippen LogP contribution in [0, 0.1) is 5.82 Å². The highest BCUT2D eigenvalue weighted by molar-refractivity contribution is 5.93. The second-order valence-electron chi connectivity index (χ2n) is 11.2. The molecule has 0 amide bonds. The van der Waals surface area contributed by atoms with Crippen molar-refractivity contribution in [2.45, 2.75) is 130 Å². The molecule has 0 spiro atoms. The maximum atomic E-state index is 15.4. The summed E-state index contributed by atoms with van der Waals surface area (Å²) < 4.78 is 26.5. The SMILES string of the molecule is CCCCCCCCCCC(=O)Oc1ccc(C(=O)O)c(F)c1-c1ccc(C(=O)O[C@H](C)CCCCCCCC)cc1. The van der Waals surface area contributed by atoms with Crippen molar-refractivity contribution in [3.8, 4) is 16.9 Å². The number of esters is 2. The first-order valence-corrected chi connectivity index (χ1v) is 15.9. The van der Waals surface area contributed by atoms with Crippen molar-refractivity contribution in [2.75, 3.05) is 0 Å². The number of unbranched alkanes of at least 4 members (excludes halogenated alkanes) is 12. The van der Waals surface area contributed by atoms with Gasteiger partial charge in [0.05, 0.1) is 22.8 Å². The monoisotopic (exact) mass is 584 g/mol. The van der Waals surface area contributed by atoms with Crippen LogP contribution in [0.3, 0.4) is 0 Å². The van der Waals surface area contributed by atoms with E-state index in [9.17, 15) is 19.5 Å². The minimum atomic E-state index is -1.43. The van der Waals surface area contributed by atoms with E-state index in [1.54, 1.807) is 0 Å². The van der Waals surface area contributed by atoms with E-state index in [4.69, 9.17) is 9.47 Å². The number of hydrogen-bond acceptors (Lipinski definition) is 5. The average molecular weight is 585 g/mol. The normalized spacial score (nSPS) is 11.7. The summed E-state index contributed by atoms with van der Waals surface area (Å²) in [5, 5.41) is 9.45. The molecule has 6 nitrogen and oxygen atoms in total. The van der Waals surface area contributed by atoms with Gasteiger partial charge < -0.3 is 14.6 Å². The van der Waals surface area contributed by atoms with E-state index in [0.717, 1.165) is 44.6 Å². The molecule has 42 heavy (non-hydrogen) atoms. The lowest BCUT2D eigenvalue weighted by Crippen LogP contribution is -2.15. The van der Waals surface area contributed by atoms with E-state index in [0.29, 0.717) is 17.5 Å². The summed E-state index contributed by atoms with van der Waals surface area (Å²) in [5.41, 5.74) is -0.0610. The molecule has 0 aliphatic heterocycles. The number of rotatable bonds is 21. The standard InChI is InChI=1S/C35H49FO6/c1-4-6-8-10-12-13-15-17-19-31(37)42-30-25-24-29(34(38)39)33(36)32(30)27-20-22-28(23-21-27)35(40)41-26(3)18-16-14-11-9-7-5-2/h20-26H,4-19H2,1-3H3,(H,38,39)/t26-/m1/s1. The average Bonchev–Trinajstić information content (AvgIpc) is 2.96. The van der Waals surface area contributed by atoms with Gasteiger partial charge in [0.25, 0.3) is 0 Å². The maximum absolute atomic E-state index is 15.4. The van der Waals surface area contributed by atoms with E-state index in [1.807, 2.05) is 6.92 Å². The summed E-state index contributed by atoms with van der Waals surface area (Å²) in [4.78, 5) is 36.8. The summed E-state index contributed by atoms with van der Waals surface area (Å²) in [6.45, 7) is 6.24. The fourth-order valence-corrected chi connectivity index (χ4v) is 4.95. The Morgan fingerprint density at radius 2 is 1.31 bits per heavy atom. The lowest BCUT2D eigenvalue weighted by atomic mass is 9.99. The number of carboxylic acids is 1. The Kier molecular flexibility index (Phi) is 16.5. The van der Waals surface area contributed by atoms with Crippen molar-refractivity contribution in [1.29, 1.82) is 0 Å². The molecule has 0 unspecified atom stereocenters. The first-order chi connectivity index (χ1) is 20.3. The zero-order valence-corrected chi connectivity index (χ0v) is 25.7. The zero-order chi connectivity index (χ0) is 30.7. The first kappa shape index (κ1) is 35.0. The molecule has 0 saturated heterocycles. The van der Waals surface area contributed by atoms with Crippen molar-refractivity contribution in [2.24, 2.45) is 0 Å². The third-order valence-corrected chi connectivity index (χ3v) is 7.47. The summed E-state index contributed by atoms with van der Waals surface area (Å²) >= 11 is 0. The van der Waals surface area contributed by atoms with E-state index < -0.39 is 29.3 Å². The molecule has 0 radical (unpaired) electrons. The Hall–Kier alpha value is -3.22. The largest absolute Gasteiger partial charge is 0.478 e. The fraction of sp³-hybridized carbons (Fsp3) is 0.571. The van der Waals surface area contributed by atoms with E-state index >= 15 is 4.39 Å². The van der Waals surface area contributed by atoms with Gasteiger partial charge in [-0.05, 0) is 56.0 Å². The van der Waals surface area contributed by atoms with Gasteiger partial charge in [-0.2, -0.15) is 0 Å². The number of carbonyl (C=O) groups excluding carboxylic acids is 2. The quantitative estimate of drug-likeness (QED) is 0.0892. The van der Waals surface area contributed by atoms with Gasteiger partial charge in [-0.3, -0.25) is 4.79 Å². The minimum absolute atomic E-state index is 0.0510. The van der Waals surface area contributed by atoms with E-state index in [-0.39, 0.29) is 23.8 Å². The molecule has 1 N–H and O–H groups in total.